The van der Waals surface area contributed by atoms with Crippen molar-refractivity contribution in [3.63, 3.8) is 0 Å². The molecule has 0 N–H and O–H groups in total. The molecule has 0 radical (unpaired) electrons. The van der Waals surface area contributed by atoms with E-state index in [0.29, 0.717) is 0 Å². The van der Waals surface area contributed by atoms with Gasteiger partial charge in [-0.2, -0.15) is 0 Å². The van der Waals surface area contributed by atoms with Crippen LogP contribution in [0.1, 0.15) is 20.3 Å². The SMILES string of the molecule is C=C(CC(C(=O)OCC)C(=O)OCC)O[n+]1ccccc1. The maximum absolute atomic E-state index is 11.8. The van der Waals surface area contributed by atoms with Crippen molar-refractivity contribution >= 4 is 11.9 Å². The molecule has 0 amide bonds. The van der Waals surface area contributed by atoms with E-state index in [1.165, 1.54) is 4.73 Å². The van der Waals surface area contributed by atoms with Gasteiger partial charge in [-0.25, -0.2) is 4.84 Å². The Bertz CT molecular complexity index is 468. The van der Waals surface area contributed by atoms with Gasteiger partial charge in [-0.3, -0.25) is 9.59 Å². The first-order valence-corrected chi connectivity index (χ1v) is 6.74. The molecule has 0 bridgehead atoms. The summed E-state index contributed by atoms with van der Waals surface area (Å²) in [5.74, 6) is -2.09. The van der Waals surface area contributed by atoms with Crippen molar-refractivity contribution in [2.75, 3.05) is 13.2 Å². The first-order chi connectivity index (χ1) is 10.1. The Balaban J connectivity index is 2.69. The molecule has 0 aromatic carbocycles. The molecule has 21 heavy (non-hydrogen) atoms. The fourth-order valence-corrected chi connectivity index (χ4v) is 1.61. The lowest BCUT2D eigenvalue weighted by molar-refractivity contribution is -0.880. The first kappa shape index (κ1) is 16.7. The standard InChI is InChI=1S/C15H20NO5/c1-4-19-14(17)13(15(18)20-5-2)11-12(3)21-16-9-7-6-8-10-16/h6-10,13H,3-5,11H2,1-2H3/q+1. The average molecular weight is 294 g/mol. The van der Waals surface area contributed by atoms with Gasteiger partial charge in [0.2, 0.25) is 12.4 Å². The summed E-state index contributed by atoms with van der Waals surface area (Å²) in [5.41, 5.74) is 0. The Morgan fingerprint density at radius 3 is 2.05 bits per heavy atom. The minimum atomic E-state index is -1.07. The molecule has 0 spiro atoms. The molecule has 0 unspecified atom stereocenters. The van der Waals surface area contributed by atoms with Crippen LogP contribution in [0.15, 0.2) is 42.9 Å². The molecule has 114 valence electrons. The van der Waals surface area contributed by atoms with Crippen LogP contribution in [0.5, 0.6) is 0 Å². The average Bonchev–Trinajstić information content (AvgIpc) is 2.46. The number of carbonyl (C=O) groups excluding carboxylic acids is 2. The van der Waals surface area contributed by atoms with Crippen molar-refractivity contribution in [1.82, 2.24) is 0 Å². The second-order valence-electron chi connectivity index (χ2n) is 4.13. The molecular weight excluding hydrogens is 274 g/mol. The van der Waals surface area contributed by atoms with Crippen LogP contribution in [0.3, 0.4) is 0 Å². The van der Waals surface area contributed by atoms with Gasteiger partial charge in [0.1, 0.15) is 0 Å². The van der Waals surface area contributed by atoms with Crippen LogP contribution in [0.2, 0.25) is 0 Å². The van der Waals surface area contributed by atoms with Crippen LogP contribution < -0.4 is 9.57 Å². The highest BCUT2D eigenvalue weighted by molar-refractivity contribution is 5.95. The maximum atomic E-state index is 11.8. The van der Waals surface area contributed by atoms with Crippen LogP contribution in [0, 0.1) is 5.92 Å². The van der Waals surface area contributed by atoms with Crippen molar-refractivity contribution in [1.29, 1.82) is 0 Å². The number of carbonyl (C=O) groups is 2. The van der Waals surface area contributed by atoms with Gasteiger partial charge in [-0.15, -0.1) is 0 Å². The first-order valence-electron chi connectivity index (χ1n) is 6.74. The van der Waals surface area contributed by atoms with Crippen molar-refractivity contribution in [2.24, 2.45) is 5.92 Å². The Hall–Kier alpha value is -2.37. The zero-order valence-electron chi connectivity index (χ0n) is 12.3. The number of hydrogen-bond acceptors (Lipinski definition) is 5. The largest absolute Gasteiger partial charge is 0.465 e. The molecule has 1 heterocycles. The predicted molar refractivity (Wildman–Crippen MR) is 73.7 cm³/mol. The minimum Gasteiger partial charge on any atom is -0.465 e. The minimum absolute atomic E-state index is 0.000436. The second-order valence-corrected chi connectivity index (χ2v) is 4.13. The molecule has 1 aromatic heterocycles. The third kappa shape index (κ3) is 5.64. The van der Waals surface area contributed by atoms with Crippen LogP contribution in [0.4, 0.5) is 0 Å². The molecule has 0 aliphatic heterocycles. The van der Waals surface area contributed by atoms with E-state index in [4.69, 9.17) is 14.3 Å². The molecule has 1 rings (SSSR count). The molecule has 1 aromatic rings. The van der Waals surface area contributed by atoms with Gasteiger partial charge in [0.15, 0.2) is 11.7 Å². The third-order valence-electron chi connectivity index (χ3n) is 2.50. The number of pyridine rings is 1. The van der Waals surface area contributed by atoms with Gasteiger partial charge in [0.25, 0.3) is 0 Å². The van der Waals surface area contributed by atoms with Crippen molar-refractivity contribution in [3.05, 3.63) is 42.9 Å². The van der Waals surface area contributed by atoms with Crippen molar-refractivity contribution in [3.8, 4) is 0 Å². The normalized spacial score (nSPS) is 10.0. The van der Waals surface area contributed by atoms with E-state index in [2.05, 4.69) is 6.58 Å². The summed E-state index contributed by atoms with van der Waals surface area (Å²) in [6.45, 7) is 7.44. The Kier molecular flexibility index (Phi) is 6.94. The summed E-state index contributed by atoms with van der Waals surface area (Å²) in [4.78, 5) is 29.0. The molecule has 0 atom stereocenters. The van der Waals surface area contributed by atoms with Crippen LogP contribution in [-0.4, -0.2) is 25.2 Å². The van der Waals surface area contributed by atoms with Gasteiger partial charge in [-0.05, 0) is 13.8 Å². The summed E-state index contributed by atoms with van der Waals surface area (Å²) in [5, 5.41) is 0. The number of nitrogens with zero attached hydrogens (tertiary/aromatic N) is 1. The number of esters is 2. The lowest BCUT2D eigenvalue weighted by Crippen LogP contribution is -2.42. The number of aromatic nitrogens is 1. The van der Waals surface area contributed by atoms with E-state index in [1.54, 1.807) is 38.4 Å². The lowest BCUT2D eigenvalue weighted by atomic mass is 10.1. The molecule has 0 saturated carbocycles. The monoisotopic (exact) mass is 294 g/mol. The molecule has 0 aliphatic carbocycles. The number of rotatable bonds is 8. The fourth-order valence-electron chi connectivity index (χ4n) is 1.61. The molecular formula is C15H20NO5+. The summed E-state index contributed by atoms with van der Waals surface area (Å²) in [7, 11) is 0. The Morgan fingerprint density at radius 2 is 1.57 bits per heavy atom. The molecule has 6 heteroatoms. The topological polar surface area (TPSA) is 65.7 Å². The van der Waals surface area contributed by atoms with Crippen LogP contribution in [-0.2, 0) is 19.1 Å². The van der Waals surface area contributed by atoms with E-state index in [0.717, 1.165) is 0 Å². The Morgan fingerprint density at radius 1 is 1.05 bits per heavy atom. The van der Waals surface area contributed by atoms with E-state index < -0.39 is 17.9 Å². The number of hydrogen-bond donors (Lipinski definition) is 0. The van der Waals surface area contributed by atoms with Gasteiger partial charge < -0.3 is 9.47 Å². The van der Waals surface area contributed by atoms with Gasteiger partial charge in [0, 0.05) is 23.3 Å². The highest BCUT2D eigenvalue weighted by atomic mass is 16.7. The maximum Gasteiger partial charge on any atom is 0.320 e. The predicted octanol–water partition coefficient (Wildman–Crippen LogP) is 1.05. The van der Waals surface area contributed by atoms with E-state index >= 15 is 0 Å². The quantitative estimate of drug-likeness (QED) is 0.310. The summed E-state index contributed by atoms with van der Waals surface area (Å²) >= 11 is 0. The van der Waals surface area contributed by atoms with Gasteiger partial charge in [-0.1, -0.05) is 12.6 Å². The fraction of sp³-hybridized carbons (Fsp3) is 0.400. The molecule has 0 aliphatic rings. The molecule has 0 saturated heterocycles. The van der Waals surface area contributed by atoms with E-state index in [9.17, 15) is 9.59 Å². The highest BCUT2D eigenvalue weighted by Gasteiger charge is 2.31. The van der Waals surface area contributed by atoms with Gasteiger partial charge >= 0.3 is 11.9 Å². The van der Waals surface area contributed by atoms with E-state index in [1.807, 2.05) is 6.07 Å². The number of ether oxygens (including phenoxy) is 2. The van der Waals surface area contributed by atoms with Crippen LogP contribution in [0.25, 0.3) is 0 Å². The van der Waals surface area contributed by atoms with Gasteiger partial charge in [0.05, 0.1) is 13.2 Å². The van der Waals surface area contributed by atoms with Crippen molar-refractivity contribution < 1.29 is 28.6 Å². The van der Waals surface area contributed by atoms with Crippen molar-refractivity contribution in [2.45, 2.75) is 20.3 Å². The lowest BCUT2D eigenvalue weighted by Gasteiger charge is -2.13. The van der Waals surface area contributed by atoms with E-state index in [-0.39, 0.29) is 25.4 Å². The zero-order chi connectivity index (χ0) is 15.7. The Labute approximate surface area is 123 Å². The van der Waals surface area contributed by atoms with Crippen LogP contribution >= 0.6 is 0 Å². The zero-order valence-corrected chi connectivity index (χ0v) is 12.3. The smallest absolute Gasteiger partial charge is 0.320 e. The highest BCUT2D eigenvalue weighted by Crippen LogP contribution is 2.13. The summed E-state index contributed by atoms with van der Waals surface area (Å²) < 4.78 is 11.2. The molecule has 6 nitrogen and oxygen atoms in total. The second kappa shape index (κ2) is 8.73. The summed E-state index contributed by atoms with van der Waals surface area (Å²) in [6.07, 6.45) is 3.35. The third-order valence-corrected chi connectivity index (χ3v) is 2.50. The molecule has 0 fully saturated rings. The summed E-state index contributed by atoms with van der Waals surface area (Å²) in [6, 6.07) is 5.39. The number of allylic oxidation sites excluding steroid dienone is 1.